The predicted octanol–water partition coefficient (Wildman–Crippen LogP) is 3.84. The fraction of sp³-hybridized carbons (Fsp3) is 0. The second kappa shape index (κ2) is 4.43. The summed E-state index contributed by atoms with van der Waals surface area (Å²) in [5.74, 6) is -1.31. The highest BCUT2D eigenvalue weighted by Gasteiger charge is 2.14. The zero-order chi connectivity index (χ0) is 11.7. The number of rotatable bonds is 1. The van der Waals surface area contributed by atoms with Crippen LogP contribution in [0.15, 0.2) is 28.9 Å². The van der Waals surface area contributed by atoms with Crippen LogP contribution < -0.4 is 0 Å². The van der Waals surface area contributed by atoms with Gasteiger partial charge in [-0.25, -0.2) is 18.7 Å². The van der Waals surface area contributed by atoms with Crippen molar-refractivity contribution in [1.82, 2.24) is 9.97 Å². The first-order valence-electron chi connectivity index (χ1n) is 4.22. The molecule has 2 rings (SSSR count). The molecule has 0 unspecified atom stereocenters. The highest BCUT2D eigenvalue weighted by atomic mass is 79.9. The Balaban J connectivity index is 2.67. The summed E-state index contributed by atoms with van der Waals surface area (Å²) in [6.07, 6.45) is 0.908. The second-order valence-corrected chi connectivity index (χ2v) is 4.13. The third-order valence-electron chi connectivity index (χ3n) is 1.92. The van der Waals surface area contributed by atoms with E-state index >= 15 is 0 Å². The Hall–Kier alpha value is -1.07. The normalized spacial score (nSPS) is 10.5. The molecule has 0 aliphatic rings. The number of nitrogens with zero attached hydrogens (tertiary/aromatic N) is 2. The molecule has 1 aromatic carbocycles. The first-order chi connectivity index (χ1) is 7.59. The van der Waals surface area contributed by atoms with E-state index in [4.69, 9.17) is 11.6 Å². The molecule has 0 atom stereocenters. The molecule has 0 spiro atoms. The molecule has 0 saturated carbocycles. The molecule has 16 heavy (non-hydrogen) atoms. The summed E-state index contributed by atoms with van der Waals surface area (Å²) in [6.45, 7) is 0. The van der Waals surface area contributed by atoms with Gasteiger partial charge in [-0.3, -0.25) is 0 Å². The van der Waals surface area contributed by atoms with Crippen molar-refractivity contribution in [3.05, 3.63) is 45.8 Å². The Labute approximate surface area is 103 Å². The van der Waals surface area contributed by atoms with E-state index < -0.39 is 11.6 Å². The van der Waals surface area contributed by atoms with Crippen molar-refractivity contribution < 1.29 is 8.78 Å². The van der Waals surface area contributed by atoms with Crippen LogP contribution in [0.25, 0.3) is 11.3 Å². The Morgan fingerprint density at radius 1 is 1.25 bits per heavy atom. The van der Waals surface area contributed by atoms with Gasteiger partial charge in [0, 0.05) is 5.56 Å². The average molecular weight is 306 g/mol. The van der Waals surface area contributed by atoms with Crippen molar-refractivity contribution in [1.29, 1.82) is 0 Å². The molecule has 0 fully saturated rings. The molecular weight excluding hydrogens is 301 g/mol. The smallest absolute Gasteiger partial charge is 0.223 e. The number of hydrogen-bond donors (Lipinski definition) is 0. The molecule has 1 heterocycles. The fourth-order valence-corrected chi connectivity index (χ4v) is 1.72. The largest absolute Gasteiger partial charge is 0.223 e. The molecule has 2 aromatic rings. The third kappa shape index (κ3) is 2.05. The lowest BCUT2D eigenvalue weighted by Crippen LogP contribution is -1.95. The van der Waals surface area contributed by atoms with Crippen LogP contribution in [0, 0.1) is 11.6 Å². The van der Waals surface area contributed by atoms with Gasteiger partial charge in [0.15, 0.2) is 5.82 Å². The summed E-state index contributed by atoms with van der Waals surface area (Å²) in [5.41, 5.74) is -0.116. The first-order valence-corrected chi connectivity index (χ1v) is 5.39. The van der Waals surface area contributed by atoms with Crippen LogP contribution in [-0.4, -0.2) is 9.97 Å². The number of halogens is 4. The summed E-state index contributed by atoms with van der Waals surface area (Å²) < 4.78 is 27.3. The van der Waals surface area contributed by atoms with Crippen LogP contribution in [0.1, 0.15) is 0 Å². The Kier molecular flexibility index (Phi) is 3.16. The molecule has 1 aromatic heterocycles. The third-order valence-corrected chi connectivity index (χ3v) is 2.72. The van der Waals surface area contributed by atoms with E-state index in [0.29, 0.717) is 0 Å². The van der Waals surface area contributed by atoms with Gasteiger partial charge >= 0.3 is 0 Å². The fourth-order valence-electron chi connectivity index (χ4n) is 1.22. The summed E-state index contributed by atoms with van der Waals surface area (Å²) in [4.78, 5) is 7.13. The van der Waals surface area contributed by atoms with E-state index in [1.165, 1.54) is 12.1 Å². The van der Waals surface area contributed by atoms with Gasteiger partial charge in [-0.1, -0.05) is 6.07 Å². The maximum atomic E-state index is 13.7. The number of hydrogen-bond acceptors (Lipinski definition) is 2. The zero-order valence-corrected chi connectivity index (χ0v) is 10.1. The van der Waals surface area contributed by atoms with E-state index in [1.54, 1.807) is 6.07 Å². The molecular formula is C10H4BrClF2N2. The maximum Gasteiger partial charge on any atom is 0.223 e. The second-order valence-electron chi connectivity index (χ2n) is 2.94. The summed E-state index contributed by atoms with van der Waals surface area (Å²) in [5, 5.41) is -0.129. The Morgan fingerprint density at radius 2 is 2.00 bits per heavy atom. The molecule has 0 radical (unpaired) electrons. The lowest BCUT2D eigenvalue weighted by atomic mass is 10.1. The molecule has 2 nitrogen and oxygen atoms in total. The lowest BCUT2D eigenvalue weighted by molar-refractivity contribution is 0.604. The average Bonchev–Trinajstić information content (AvgIpc) is 2.26. The lowest BCUT2D eigenvalue weighted by Gasteiger charge is -2.05. The molecule has 0 aliphatic carbocycles. The quantitative estimate of drug-likeness (QED) is 0.748. The van der Waals surface area contributed by atoms with E-state index in [0.717, 1.165) is 6.20 Å². The Morgan fingerprint density at radius 3 is 2.75 bits per heavy atom. The maximum absolute atomic E-state index is 13.7. The van der Waals surface area contributed by atoms with Crippen LogP contribution in [-0.2, 0) is 0 Å². The van der Waals surface area contributed by atoms with Gasteiger partial charge in [0.2, 0.25) is 5.28 Å². The first kappa shape index (κ1) is 11.4. The van der Waals surface area contributed by atoms with Crippen molar-refractivity contribution >= 4 is 27.5 Å². The van der Waals surface area contributed by atoms with E-state index in [1.807, 2.05) is 0 Å². The van der Waals surface area contributed by atoms with Gasteiger partial charge in [-0.15, -0.1) is 0 Å². The highest BCUT2D eigenvalue weighted by Crippen LogP contribution is 2.28. The minimum absolute atomic E-state index is 0.0381. The van der Waals surface area contributed by atoms with Crippen LogP contribution in [0.4, 0.5) is 8.78 Å². The molecule has 0 aliphatic heterocycles. The van der Waals surface area contributed by atoms with E-state index in [-0.39, 0.29) is 21.0 Å². The Bertz CT molecular complexity index is 548. The molecule has 0 N–H and O–H groups in total. The van der Waals surface area contributed by atoms with Crippen molar-refractivity contribution in [2.24, 2.45) is 0 Å². The minimum atomic E-state index is -0.721. The summed E-state index contributed by atoms with van der Waals surface area (Å²) in [6, 6.07) is 4.51. The van der Waals surface area contributed by atoms with Gasteiger partial charge in [-0.05, 0) is 39.7 Å². The summed E-state index contributed by atoms with van der Waals surface area (Å²) >= 11 is 8.55. The number of benzene rings is 1. The minimum Gasteiger partial charge on any atom is -0.223 e. The zero-order valence-electron chi connectivity index (χ0n) is 7.72. The number of aromatic nitrogens is 2. The molecule has 0 saturated heterocycles. The molecule has 6 heteroatoms. The molecule has 0 amide bonds. The van der Waals surface area contributed by atoms with Crippen LogP contribution in [0.5, 0.6) is 0 Å². The van der Waals surface area contributed by atoms with Crippen molar-refractivity contribution in [2.45, 2.75) is 0 Å². The van der Waals surface area contributed by atoms with Gasteiger partial charge in [-0.2, -0.15) is 0 Å². The van der Waals surface area contributed by atoms with Crippen molar-refractivity contribution in [3.8, 4) is 11.3 Å². The van der Waals surface area contributed by atoms with Crippen LogP contribution in [0.3, 0.4) is 0 Å². The SMILES string of the molecule is Fc1cnc(Cl)nc1-c1cccc(Br)c1F. The van der Waals surface area contributed by atoms with Crippen molar-refractivity contribution in [2.75, 3.05) is 0 Å². The topological polar surface area (TPSA) is 25.8 Å². The molecule has 0 bridgehead atoms. The monoisotopic (exact) mass is 304 g/mol. The highest BCUT2D eigenvalue weighted by molar-refractivity contribution is 9.10. The van der Waals surface area contributed by atoms with Crippen molar-refractivity contribution in [3.63, 3.8) is 0 Å². The van der Waals surface area contributed by atoms with E-state index in [2.05, 4.69) is 25.9 Å². The van der Waals surface area contributed by atoms with Gasteiger partial charge in [0.1, 0.15) is 11.5 Å². The standard InChI is InChI=1S/C10H4BrClF2N2/c11-6-3-1-2-5(8(6)14)9-7(13)4-15-10(12)16-9/h1-4H. The van der Waals surface area contributed by atoms with Gasteiger partial charge in [0.25, 0.3) is 0 Å². The van der Waals surface area contributed by atoms with Crippen LogP contribution >= 0.6 is 27.5 Å². The van der Waals surface area contributed by atoms with Crippen LogP contribution in [0.2, 0.25) is 5.28 Å². The van der Waals surface area contributed by atoms with E-state index in [9.17, 15) is 8.78 Å². The summed E-state index contributed by atoms with van der Waals surface area (Å²) in [7, 11) is 0. The van der Waals surface area contributed by atoms with Gasteiger partial charge < -0.3 is 0 Å². The van der Waals surface area contributed by atoms with Gasteiger partial charge in [0.05, 0.1) is 10.7 Å². The predicted molar refractivity (Wildman–Crippen MR) is 60.1 cm³/mol. The molecule has 82 valence electrons.